The number of hydrogen-bond donors (Lipinski definition) is 2. The molecule has 0 aliphatic carbocycles. The largest absolute Gasteiger partial charge is 0.494 e. The topological polar surface area (TPSA) is 47.3 Å². The van der Waals surface area contributed by atoms with Crippen LogP contribution in [0.1, 0.15) is 25.3 Å². The number of unbranched alkanes of at least 4 members (excludes halogenated alkanes) is 1. The summed E-state index contributed by atoms with van der Waals surface area (Å²) < 4.78 is 5.38. The maximum absolute atomic E-state index is 5.43. The van der Waals surface area contributed by atoms with E-state index in [1.165, 1.54) is 5.56 Å². The quantitative estimate of drug-likeness (QED) is 0.661. The van der Waals surface area contributed by atoms with E-state index in [0.29, 0.717) is 0 Å². The molecule has 0 atom stereocenters. The Morgan fingerprint density at radius 2 is 1.94 bits per heavy atom. The van der Waals surface area contributed by atoms with Crippen LogP contribution in [0.3, 0.4) is 0 Å². The maximum Gasteiger partial charge on any atom is 0.119 e. The fourth-order valence-corrected chi connectivity index (χ4v) is 1.50. The lowest BCUT2D eigenvalue weighted by atomic mass is 10.2. The third-order valence-electron chi connectivity index (χ3n) is 2.37. The fourth-order valence-electron chi connectivity index (χ4n) is 1.50. The molecule has 0 bridgehead atoms. The van der Waals surface area contributed by atoms with E-state index in [4.69, 9.17) is 10.5 Å². The lowest BCUT2D eigenvalue weighted by Gasteiger charge is -2.06. The highest BCUT2D eigenvalue weighted by atomic mass is 16.5. The standard InChI is InChI=1S/C13H22N2O/c1-2-16-13-7-5-12(6-8-13)11-15-10-4-3-9-14/h5-8,15H,2-4,9-11,14H2,1H3. The van der Waals surface area contributed by atoms with Crippen LogP contribution in [0.5, 0.6) is 5.75 Å². The lowest BCUT2D eigenvalue weighted by molar-refractivity contribution is 0.340. The third kappa shape index (κ3) is 5.14. The third-order valence-corrected chi connectivity index (χ3v) is 2.37. The molecule has 0 fully saturated rings. The van der Waals surface area contributed by atoms with Gasteiger partial charge in [0.1, 0.15) is 5.75 Å². The molecule has 0 aliphatic heterocycles. The van der Waals surface area contributed by atoms with Crippen LogP contribution < -0.4 is 15.8 Å². The van der Waals surface area contributed by atoms with E-state index < -0.39 is 0 Å². The highest BCUT2D eigenvalue weighted by Gasteiger charge is 1.94. The molecule has 1 rings (SSSR count). The van der Waals surface area contributed by atoms with Gasteiger partial charge in [-0.15, -0.1) is 0 Å². The molecule has 0 radical (unpaired) electrons. The minimum absolute atomic E-state index is 0.719. The smallest absolute Gasteiger partial charge is 0.119 e. The summed E-state index contributed by atoms with van der Waals surface area (Å²) in [6.45, 7) is 5.44. The molecule has 0 saturated heterocycles. The van der Waals surface area contributed by atoms with Crippen molar-refractivity contribution in [3.05, 3.63) is 29.8 Å². The van der Waals surface area contributed by atoms with E-state index in [-0.39, 0.29) is 0 Å². The van der Waals surface area contributed by atoms with Gasteiger partial charge in [-0.2, -0.15) is 0 Å². The van der Waals surface area contributed by atoms with Crippen LogP contribution >= 0.6 is 0 Å². The summed E-state index contributed by atoms with van der Waals surface area (Å²) in [5, 5.41) is 3.39. The molecule has 0 aliphatic rings. The molecular formula is C13H22N2O. The van der Waals surface area contributed by atoms with Crippen LogP contribution in [0.4, 0.5) is 0 Å². The summed E-state index contributed by atoms with van der Waals surface area (Å²) in [6.07, 6.45) is 2.24. The van der Waals surface area contributed by atoms with Crippen molar-refractivity contribution < 1.29 is 4.74 Å². The predicted octanol–water partition coefficient (Wildman–Crippen LogP) is 1.91. The lowest BCUT2D eigenvalue weighted by Crippen LogP contribution is -2.15. The van der Waals surface area contributed by atoms with E-state index in [2.05, 4.69) is 17.4 Å². The second kappa shape index (κ2) is 8.13. The average Bonchev–Trinajstić information content (AvgIpc) is 2.31. The first-order valence-electron chi connectivity index (χ1n) is 5.99. The Kier molecular flexibility index (Phi) is 6.61. The Morgan fingerprint density at radius 1 is 1.19 bits per heavy atom. The van der Waals surface area contributed by atoms with Gasteiger partial charge < -0.3 is 15.8 Å². The first-order valence-corrected chi connectivity index (χ1v) is 5.99. The molecular weight excluding hydrogens is 200 g/mol. The monoisotopic (exact) mass is 222 g/mol. The summed E-state index contributed by atoms with van der Waals surface area (Å²) >= 11 is 0. The predicted molar refractivity (Wildman–Crippen MR) is 67.6 cm³/mol. The molecule has 16 heavy (non-hydrogen) atoms. The van der Waals surface area contributed by atoms with Gasteiger partial charge in [-0.3, -0.25) is 0 Å². The van der Waals surface area contributed by atoms with Crippen molar-refractivity contribution in [2.24, 2.45) is 5.73 Å². The van der Waals surface area contributed by atoms with E-state index in [1.807, 2.05) is 19.1 Å². The van der Waals surface area contributed by atoms with Crippen molar-refractivity contribution in [1.82, 2.24) is 5.32 Å². The normalized spacial score (nSPS) is 10.4. The molecule has 0 spiro atoms. The zero-order valence-electron chi connectivity index (χ0n) is 10.0. The van der Waals surface area contributed by atoms with Crippen LogP contribution in [0, 0.1) is 0 Å². The van der Waals surface area contributed by atoms with Gasteiger partial charge >= 0.3 is 0 Å². The second-order valence-corrected chi connectivity index (χ2v) is 3.75. The molecule has 1 aromatic rings. The van der Waals surface area contributed by atoms with Gasteiger partial charge in [-0.25, -0.2) is 0 Å². The molecule has 0 amide bonds. The molecule has 3 N–H and O–H groups in total. The van der Waals surface area contributed by atoms with E-state index in [1.54, 1.807) is 0 Å². The number of rotatable bonds is 8. The van der Waals surface area contributed by atoms with Gasteiger partial charge in [-0.05, 0) is 50.6 Å². The van der Waals surface area contributed by atoms with Crippen molar-refractivity contribution in [2.45, 2.75) is 26.3 Å². The zero-order valence-corrected chi connectivity index (χ0v) is 10.0. The van der Waals surface area contributed by atoms with Crippen LogP contribution in [0.2, 0.25) is 0 Å². The molecule has 1 aromatic carbocycles. The van der Waals surface area contributed by atoms with Gasteiger partial charge in [0, 0.05) is 6.54 Å². The van der Waals surface area contributed by atoms with E-state index in [9.17, 15) is 0 Å². The Morgan fingerprint density at radius 3 is 2.56 bits per heavy atom. The van der Waals surface area contributed by atoms with E-state index >= 15 is 0 Å². The SMILES string of the molecule is CCOc1ccc(CNCCCCN)cc1. The van der Waals surface area contributed by atoms with Gasteiger partial charge in [0.25, 0.3) is 0 Å². The minimum atomic E-state index is 0.719. The Bertz CT molecular complexity index is 272. The molecule has 0 aromatic heterocycles. The number of nitrogens with two attached hydrogens (primary N) is 1. The van der Waals surface area contributed by atoms with E-state index in [0.717, 1.165) is 44.8 Å². The molecule has 90 valence electrons. The Hall–Kier alpha value is -1.06. The highest BCUT2D eigenvalue weighted by molar-refractivity contribution is 5.27. The van der Waals surface area contributed by atoms with Crippen molar-refractivity contribution >= 4 is 0 Å². The highest BCUT2D eigenvalue weighted by Crippen LogP contribution is 2.11. The van der Waals surface area contributed by atoms with Crippen molar-refractivity contribution in [3.63, 3.8) is 0 Å². The summed E-state index contributed by atoms with van der Waals surface area (Å²) in [5.41, 5.74) is 6.71. The number of ether oxygens (including phenoxy) is 1. The molecule has 0 saturated carbocycles. The fraction of sp³-hybridized carbons (Fsp3) is 0.538. The summed E-state index contributed by atoms with van der Waals surface area (Å²) in [7, 11) is 0. The molecule has 0 unspecified atom stereocenters. The Balaban J connectivity index is 2.21. The van der Waals surface area contributed by atoms with Gasteiger partial charge in [-0.1, -0.05) is 12.1 Å². The number of benzene rings is 1. The first-order chi connectivity index (χ1) is 7.86. The average molecular weight is 222 g/mol. The molecule has 0 heterocycles. The van der Waals surface area contributed by atoms with Crippen LogP contribution in [-0.4, -0.2) is 19.7 Å². The van der Waals surface area contributed by atoms with Gasteiger partial charge in [0.15, 0.2) is 0 Å². The molecule has 3 nitrogen and oxygen atoms in total. The van der Waals surface area contributed by atoms with Gasteiger partial charge in [0.2, 0.25) is 0 Å². The zero-order chi connectivity index (χ0) is 11.6. The van der Waals surface area contributed by atoms with Crippen molar-refractivity contribution in [2.75, 3.05) is 19.7 Å². The van der Waals surface area contributed by atoms with Crippen LogP contribution in [0.15, 0.2) is 24.3 Å². The Labute approximate surface area is 98.0 Å². The van der Waals surface area contributed by atoms with Crippen molar-refractivity contribution in [1.29, 1.82) is 0 Å². The van der Waals surface area contributed by atoms with Gasteiger partial charge in [0.05, 0.1) is 6.61 Å². The minimum Gasteiger partial charge on any atom is -0.494 e. The summed E-state index contributed by atoms with van der Waals surface area (Å²) in [5.74, 6) is 0.939. The van der Waals surface area contributed by atoms with Crippen LogP contribution in [0.25, 0.3) is 0 Å². The number of hydrogen-bond acceptors (Lipinski definition) is 3. The van der Waals surface area contributed by atoms with Crippen LogP contribution in [-0.2, 0) is 6.54 Å². The molecule has 3 heteroatoms. The second-order valence-electron chi connectivity index (χ2n) is 3.75. The summed E-state index contributed by atoms with van der Waals surface area (Å²) in [4.78, 5) is 0. The van der Waals surface area contributed by atoms with Crippen molar-refractivity contribution in [3.8, 4) is 5.75 Å². The number of nitrogens with one attached hydrogen (secondary N) is 1. The maximum atomic E-state index is 5.43. The summed E-state index contributed by atoms with van der Waals surface area (Å²) in [6, 6.07) is 8.22. The first kappa shape index (κ1) is 13.0.